The highest BCUT2D eigenvalue weighted by molar-refractivity contribution is 5.89. The summed E-state index contributed by atoms with van der Waals surface area (Å²) in [5, 5.41) is 18.2. The summed E-state index contributed by atoms with van der Waals surface area (Å²) in [7, 11) is 0. The Balaban J connectivity index is 1.70. The van der Waals surface area contributed by atoms with Gasteiger partial charge in [-0.05, 0) is 30.4 Å². The van der Waals surface area contributed by atoms with Gasteiger partial charge in [-0.3, -0.25) is 0 Å². The van der Waals surface area contributed by atoms with Crippen LogP contribution in [0.2, 0.25) is 0 Å². The SMILES string of the molecule is O[C@@]12CCCC[C@@H]1[C@@H]1c3ccccc3C=NN1C1=NCCN12. The molecular formula is C17H20N4O. The third-order valence-corrected chi connectivity index (χ3v) is 5.67. The van der Waals surface area contributed by atoms with Crippen LogP contribution in [0.4, 0.5) is 0 Å². The largest absolute Gasteiger partial charge is 0.370 e. The number of rotatable bonds is 0. The molecule has 114 valence electrons. The van der Waals surface area contributed by atoms with Crippen LogP contribution in [0.25, 0.3) is 0 Å². The van der Waals surface area contributed by atoms with Gasteiger partial charge in [-0.1, -0.05) is 30.7 Å². The molecule has 2 fully saturated rings. The van der Waals surface area contributed by atoms with Gasteiger partial charge < -0.3 is 10.0 Å². The first kappa shape index (κ1) is 12.6. The molecule has 5 rings (SSSR count). The summed E-state index contributed by atoms with van der Waals surface area (Å²) in [6, 6.07) is 8.54. The van der Waals surface area contributed by atoms with E-state index in [1.807, 2.05) is 6.21 Å². The number of guanidine groups is 1. The van der Waals surface area contributed by atoms with E-state index in [0.717, 1.165) is 38.3 Å². The lowest BCUT2D eigenvalue weighted by Crippen LogP contribution is -2.67. The summed E-state index contributed by atoms with van der Waals surface area (Å²) in [6.45, 7) is 1.56. The molecule has 1 aromatic carbocycles. The quantitative estimate of drug-likeness (QED) is 0.796. The van der Waals surface area contributed by atoms with Crippen LogP contribution in [0.15, 0.2) is 34.4 Å². The normalized spacial score (nSPS) is 35.4. The van der Waals surface area contributed by atoms with Crippen molar-refractivity contribution in [1.29, 1.82) is 0 Å². The van der Waals surface area contributed by atoms with Crippen molar-refractivity contribution in [3.8, 4) is 0 Å². The van der Waals surface area contributed by atoms with Crippen LogP contribution in [0.5, 0.6) is 0 Å². The first-order chi connectivity index (χ1) is 10.8. The van der Waals surface area contributed by atoms with Gasteiger partial charge in [0.1, 0.15) is 5.72 Å². The molecule has 1 N–H and O–H groups in total. The van der Waals surface area contributed by atoms with E-state index in [1.54, 1.807) is 0 Å². The number of hydrogen-bond donors (Lipinski definition) is 1. The number of hydrazone groups is 1. The Morgan fingerprint density at radius 1 is 1.23 bits per heavy atom. The van der Waals surface area contributed by atoms with Gasteiger partial charge in [0.15, 0.2) is 0 Å². The van der Waals surface area contributed by atoms with Crippen molar-refractivity contribution in [3.05, 3.63) is 35.4 Å². The van der Waals surface area contributed by atoms with E-state index in [2.05, 4.69) is 44.3 Å². The van der Waals surface area contributed by atoms with Gasteiger partial charge in [0.25, 0.3) is 0 Å². The minimum atomic E-state index is -0.755. The lowest BCUT2D eigenvalue weighted by molar-refractivity contribution is -0.176. The fourth-order valence-electron chi connectivity index (χ4n) is 4.70. The molecule has 4 aliphatic rings. The monoisotopic (exact) mass is 296 g/mol. The molecule has 1 saturated heterocycles. The molecule has 5 heteroatoms. The average Bonchev–Trinajstić information content (AvgIpc) is 3.05. The summed E-state index contributed by atoms with van der Waals surface area (Å²) >= 11 is 0. The molecule has 0 spiro atoms. The molecule has 1 aliphatic carbocycles. The van der Waals surface area contributed by atoms with Gasteiger partial charge >= 0.3 is 0 Å². The maximum Gasteiger partial charge on any atom is 0.220 e. The minimum absolute atomic E-state index is 0.111. The third-order valence-electron chi connectivity index (χ3n) is 5.67. The predicted octanol–water partition coefficient (Wildman–Crippen LogP) is 1.94. The molecule has 22 heavy (non-hydrogen) atoms. The van der Waals surface area contributed by atoms with E-state index in [1.165, 1.54) is 17.5 Å². The number of hydrogen-bond acceptors (Lipinski definition) is 5. The lowest BCUT2D eigenvalue weighted by Gasteiger charge is -2.57. The lowest BCUT2D eigenvalue weighted by atomic mass is 9.71. The summed E-state index contributed by atoms with van der Waals surface area (Å²) < 4.78 is 0. The van der Waals surface area contributed by atoms with Crippen molar-refractivity contribution >= 4 is 12.2 Å². The fourth-order valence-corrected chi connectivity index (χ4v) is 4.70. The fraction of sp³-hybridized carbons (Fsp3) is 0.529. The topological polar surface area (TPSA) is 51.4 Å². The molecule has 1 saturated carbocycles. The first-order valence-corrected chi connectivity index (χ1v) is 8.26. The van der Waals surface area contributed by atoms with Crippen LogP contribution in [0.1, 0.15) is 42.9 Å². The second kappa shape index (κ2) is 4.32. The van der Waals surface area contributed by atoms with Crippen molar-refractivity contribution in [2.75, 3.05) is 13.1 Å². The Bertz CT molecular complexity index is 685. The van der Waals surface area contributed by atoms with Crippen LogP contribution in [0, 0.1) is 5.92 Å². The zero-order valence-corrected chi connectivity index (χ0v) is 12.5. The number of fused-ring (bicyclic) bond motifs is 8. The molecule has 5 nitrogen and oxygen atoms in total. The zero-order valence-electron chi connectivity index (χ0n) is 12.5. The van der Waals surface area contributed by atoms with Crippen molar-refractivity contribution < 1.29 is 5.11 Å². The van der Waals surface area contributed by atoms with Crippen LogP contribution in [-0.2, 0) is 0 Å². The molecule has 3 heterocycles. The second-order valence-corrected chi connectivity index (χ2v) is 6.73. The van der Waals surface area contributed by atoms with Gasteiger partial charge in [-0.2, -0.15) is 5.10 Å². The van der Waals surface area contributed by atoms with Crippen LogP contribution >= 0.6 is 0 Å². The first-order valence-electron chi connectivity index (χ1n) is 8.26. The second-order valence-electron chi connectivity index (χ2n) is 6.73. The average molecular weight is 296 g/mol. The zero-order chi connectivity index (χ0) is 14.7. The van der Waals surface area contributed by atoms with Gasteiger partial charge in [-0.15, -0.1) is 0 Å². The van der Waals surface area contributed by atoms with E-state index >= 15 is 0 Å². The summed E-state index contributed by atoms with van der Waals surface area (Å²) in [4.78, 5) is 6.76. The summed E-state index contributed by atoms with van der Waals surface area (Å²) in [5.74, 6) is 1.05. The highest BCUT2D eigenvalue weighted by Crippen LogP contribution is 2.51. The standard InChI is InChI=1S/C17H20N4O/c22-17-8-4-3-7-14(17)15-13-6-2-1-5-12(13)11-19-21(15)16-18-9-10-20(16)17/h1-2,5-6,11,14-15,22H,3-4,7-10H2/t14-,15+,17+/m1/s1. The van der Waals surface area contributed by atoms with Crippen molar-refractivity contribution in [2.24, 2.45) is 16.0 Å². The molecule has 1 aromatic rings. The molecule has 3 atom stereocenters. The molecular weight excluding hydrogens is 276 g/mol. The van der Waals surface area contributed by atoms with E-state index in [4.69, 9.17) is 0 Å². The molecule has 0 aromatic heterocycles. The molecule has 0 unspecified atom stereocenters. The highest BCUT2D eigenvalue weighted by Gasteiger charge is 2.57. The molecule has 0 bridgehead atoms. The maximum atomic E-state index is 11.5. The number of nitrogens with zero attached hydrogens (tertiary/aromatic N) is 4. The minimum Gasteiger partial charge on any atom is -0.370 e. The Hall–Kier alpha value is -1.88. The van der Waals surface area contributed by atoms with E-state index in [0.29, 0.717) is 0 Å². The van der Waals surface area contributed by atoms with Crippen molar-refractivity contribution in [1.82, 2.24) is 9.91 Å². The van der Waals surface area contributed by atoms with E-state index in [9.17, 15) is 5.11 Å². The van der Waals surface area contributed by atoms with E-state index in [-0.39, 0.29) is 12.0 Å². The van der Waals surface area contributed by atoms with Crippen molar-refractivity contribution in [2.45, 2.75) is 37.5 Å². The Labute approximate surface area is 129 Å². The van der Waals surface area contributed by atoms with Gasteiger partial charge in [-0.25, -0.2) is 10.0 Å². The number of aliphatic hydroxyl groups is 1. The van der Waals surface area contributed by atoms with E-state index < -0.39 is 5.72 Å². The van der Waals surface area contributed by atoms with Gasteiger partial charge in [0.05, 0.1) is 18.8 Å². The summed E-state index contributed by atoms with van der Waals surface area (Å²) in [6.07, 6.45) is 6.09. The molecule has 0 amide bonds. The molecule has 0 radical (unpaired) electrons. The van der Waals surface area contributed by atoms with Crippen LogP contribution < -0.4 is 0 Å². The number of benzene rings is 1. The Morgan fingerprint density at radius 3 is 3.09 bits per heavy atom. The maximum absolute atomic E-state index is 11.5. The summed E-state index contributed by atoms with van der Waals surface area (Å²) in [5.41, 5.74) is 1.69. The van der Waals surface area contributed by atoms with Gasteiger partial charge in [0, 0.05) is 12.5 Å². The third kappa shape index (κ3) is 1.47. The number of aliphatic imine (C=N–C) groups is 1. The van der Waals surface area contributed by atoms with Crippen LogP contribution in [0.3, 0.4) is 0 Å². The Morgan fingerprint density at radius 2 is 2.14 bits per heavy atom. The smallest absolute Gasteiger partial charge is 0.220 e. The molecule has 3 aliphatic heterocycles. The van der Waals surface area contributed by atoms with Crippen molar-refractivity contribution in [3.63, 3.8) is 0 Å². The van der Waals surface area contributed by atoms with Gasteiger partial charge in [0.2, 0.25) is 5.96 Å². The highest BCUT2D eigenvalue weighted by atomic mass is 16.3. The van der Waals surface area contributed by atoms with Crippen LogP contribution in [-0.4, -0.2) is 46.0 Å². The Kier molecular flexibility index (Phi) is 2.48. The predicted molar refractivity (Wildman–Crippen MR) is 84.5 cm³/mol.